The molecular formula is C22H21N3OS. The number of thiazole rings is 1. The first-order valence-electron chi connectivity index (χ1n) is 8.89. The molecule has 5 rings (SSSR count). The van der Waals surface area contributed by atoms with Gasteiger partial charge in [-0.05, 0) is 65.9 Å². The van der Waals surface area contributed by atoms with Gasteiger partial charge in [0.05, 0.1) is 16.8 Å². The molecule has 4 N–H and O–H groups in total. The van der Waals surface area contributed by atoms with Crippen LogP contribution in [-0.2, 0) is 6.42 Å². The van der Waals surface area contributed by atoms with E-state index in [1.165, 1.54) is 33.6 Å². The second-order valence-electron chi connectivity index (χ2n) is 6.37. The maximum absolute atomic E-state index is 5.77. The molecule has 1 aliphatic rings. The summed E-state index contributed by atoms with van der Waals surface area (Å²) in [4.78, 5) is 4.16. The first-order valence-corrected chi connectivity index (χ1v) is 9.71. The van der Waals surface area contributed by atoms with Gasteiger partial charge in [0.15, 0.2) is 5.13 Å². The van der Waals surface area contributed by atoms with E-state index in [4.69, 9.17) is 16.2 Å². The lowest BCUT2D eigenvalue weighted by atomic mass is 10.1. The van der Waals surface area contributed by atoms with Crippen LogP contribution in [0.5, 0.6) is 5.75 Å². The van der Waals surface area contributed by atoms with Crippen molar-refractivity contribution in [3.63, 3.8) is 0 Å². The number of ether oxygens (including phenoxy) is 1. The Morgan fingerprint density at radius 3 is 2.63 bits per heavy atom. The lowest BCUT2D eigenvalue weighted by Gasteiger charge is -2.00. The SMILES string of the molecule is CCOc1ccc2nc(N)sc2c1.Nc1ccc2c(c1)Cc1ccccc1-2. The summed E-state index contributed by atoms with van der Waals surface area (Å²) in [5.74, 6) is 0.874. The summed E-state index contributed by atoms with van der Waals surface area (Å²) in [6, 6.07) is 20.5. The van der Waals surface area contributed by atoms with Crippen molar-refractivity contribution in [2.24, 2.45) is 0 Å². The Bertz CT molecular complexity index is 1100. The number of rotatable bonds is 2. The van der Waals surface area contributed by atoms with Crippen molar-refractivity contribution in [2.75, 3.05) is 18.1 Å². The highest BCUT2D eigenvalue weighted by Gasteiger charge is 2.16. The van der Waals surface area contributed by atoms with Crippen molar-refractivity contribution >= 4 is 32.4 Å². The first kappa shape index (κ1) is 17.4. The summed E-state index contributed by atoms with van der Waals surface area (Å²) in [6.45, 7) is 2.64. The van der Waals surface area contributed by atoms with Gasteiger partial charge in [-0.3, -0.25) is 0 Å². The van der Waals surface area contributed by atoms with E-state index in [2.05, 4.69) is 41.4 Å². The molecule has 0 unspecified atom stereocenters. The molecule has 0 amide bonds. The highest BCUT2D eigenvalue weighted by atomic mass is 32.1. The third-order valence-electron chi connectivity index (χ3n) is 4.51. The monoisotopic (exact) mass is 375 g/mol. The highest BCUT2D eigenvalue weighted by Crippen LogP contribution is 2.36. The number of hydrogen-bond acceptors (Lipinski definition) is 5. The van der Waals surface area contributed by atoms with E-state index in [9.17, 15) is 0 Å². The Hall–Kier alpha value is -3.05. The predicted octanol–water partition coefficient (Wildman–Crippen LogP) is 5.12. The molecule has 5 heteroatoms. The maximum atomic E-state index is 5.77. The van der Waals surface area contributed by atoms with E-state index in [0.717, 1.165) is 28.1 Å². The van der Waals surface area contributed by atoms with Crippen molar-refractivity contribution < 1.29 is 4.74 Å². The fourth-order valence-electron chi connectivity index (χ4n) is 3.34. The van der Waals surface area contributed by atoms with Crippen LogP contribution in [-0.4, -0.2) is 11.6 Å². The van der Waals surface area contributed by atoms with Gasteiger partial charge in [-0.1, -0.05) is 41.7 Å². The Kier molecular flexibility index (Phi) is 4.69. The van der Waals surface area contributed by atoms with E-state index in [1.807, 2.05) is 31.2 Å². The fourth-order valence-corrected chi connectivity index (χ4v) is 4.11. The van der Waals surface area contributed by atoms with Gasteiger partial charge in [0, 0.05) is 5.69 Å². The minimum atomic E-state index is 0.601. The van der Waals surface area contributed by atoms with Gasteiger partial charge in [0.1, 0.15) is 5.75 Å². The van der Waals surface area contributed by atoms with E-state index in [1.54, 1.807) is 0 Å². The topological polar surface area (TPSA) is 74.2 Å². The van der Waals surface area contributed by atoms with Gasteiger partial charge in [0.2, 0.25) is 0 Å². The third-order valence-corrected chi connectivity index (χ3v) is 5.35. The molecular weight excluding hydrogens is 354 g/mol. The molecule has 1 aliphatic carbocycles. The third kappa shape index (κ3) is 3.59. The number of hydrogen-bond donors (Lipinski definition) is 2. The summed E-state index contributed by atoms with van der Waals surface area (Å²) in [7, 11) is 0. The molecule has 27 heavy (non-hydrogen) atoms. The van der Waals surface area contributed by atoms with Crippen molar-refractivity contribution in [1.82, 2.24) is 4.98 Å². The van der Waals surface area contributed by atoms with Crippen LogP contribution in [0.15, 0.2) is 60.7 Å². The van der Waals surface area contributed by atoms with Gasteiger partial charge >= 0.3 is 0 Å². The van der Waals surface area contributed by atoms with Crippen LogP contribution in [0, 0.1) is 0 Å². The number of fused-ring (bicyclic) bond motifs is 4. The largest absolute Gasteiger partial charge is 0.494 e. The molecule has 4 aromatic rings. The Morgan fingerprint density at radius 2 is 1.78 bits per heavy atom. The fraction of sp³-hybridized carbons (Fsp3) is 0.136. The quantitative estimate of drug-likeness (QED) is 0.420. The number of benzene rings is 3. The molecule has 0 radical (unpaired) electrons. The van der Waals surface area contributed by atoms with Crippen molar-refractivity contribution in [3.05, 3.63) is 71.8 Å². The van der Waals surface area contributed by atoms with E-state index >= 15 is 0 Å². The van der Waals surface area contributed by atoms with Crippen molar-refractivity contribution in [1.29, 1.82) is 0 Å². The van der Waals surface area contributed by atoms with Crippen LogP contribution < -0.4 is 16.2 Å². The maximum Gasteiger partial charge on any atom is 0.181 e. The summed E-state index contributed by atoms with van der Waals surface area (Å²) < 4.78 is 6.43. The highest BCUT2D eigenvalue weighted by molar-refractivity contribution is 7.22. The van der Waals surface area contributed by atoms with Crippen LogP contribution in [0.4, 0.5) is 10.8 Å². The molecule has 1 heterocycles. The molecule has 136 valence electrons. The standard InChI is InChI=1S/C13H11N.C9H10N2OS/c14-11-5-6-13-10(8-11)7-9-3-1-2-4-12(9)13;1-2-12-6-3-4-7-8(5-6)13-9(10)11-7/h1-6,8H,7,14H2;3-5H,2H2,1H3,(H2,10,11). The molecule has 0 saturated carbocycles. The second-order valence-corrected chi connectivity index (χ2v) is 7.43. The zero-order valence-corrected chi connectivity index (χ0v) is 15.9. The molecule has 0 bridgehead atoms. The second kappa shape index (κ2) is 7.29. The molecule has 0 fully saturated rings. The zero-order chi connectivity index (χ0) is 18.8. The summed E-state index contributed by atoms with van der Waals surface area (Å²) in [5, 5.41) is 0.601. The number of anilines is 2. The summed E-state index contributed by atoms with van der Waals surface area (Å²) >= 11 is 1.48. The number of nitrogens with two attached hydrogens (primary N) is 2. The van der Waals surface area contributed by atoms with Gasteiger partial charge < -0.3 is 16.2 Å². The van der Waals surface area contributed by atoms with Gasteiger partial charge in [-0.25, -0.2) is 4.98 Å². The lowest BCUT2D eigenvalue weighted by Crippen LogP contribution is -1.89. The van der Waals surface area contributed by atoms with Crippen LogP contribution in [0.2, 0.25) is 0 Å². The first-order chi connectivity index (χ1) is 13.1. The smallest absolute Gasteiger partial charge is 0.181 e. The predicted molar refractivity (Wildman–Crippen MR) is 114 cm³/mol. The van der Waals surface area contributed by atoms with E-state index < -0.39 is 0 Å². The van der Waals surface area contributed by atoms with E-state index in [-0.39, 0.29) is 0 Å². The Balaban J connectivity index is 0.000000134. The van der Waals surface area contributed by atoms with Crippen molar-refractivity contribution in [3.8, 4) is 16.9 Å². The number of nitrogens with zero attached hydrogens (tertiary/aromatic N) is 1. The summed E-state index contributed by atoms with van der Waals surface area (Å²) in [5.41, 5.74) is 18.6. The zero-order valence-electron chi connectivity index (χ0n) is 15.1. The van der Waals surface area contributed by atoms with Crippen LogP contribution in [0.1, 0.15) is 18.1 Å². The molecule has 4 nitrogen and oxygen atoms in total. The van der Waals surface area contributed by atoms with Gasteiger partial charge in [0.25, 0.3) is 0 Å². The number of nitrogen functional groups attached to an aromatic ring is 2. The van der Waals surface area contributed by atoms with Crippen LogP contribution in [0.3, 0.4) is 0 Å². The Morgan fingerprint density at radius 1 is 0.963 bits per heavy atom. The molecule has 0 saturated heterocycles. The lowest BCUT2D eigenvalue weighted by molar-refractivity contribution is 0.341. The van der Waals surface area contributed by atoms with Gasteiger partial charge in [-0.15, -0.1) is 0 Å². The summed E-state index contributed by atoms with van der Waals surface area (Å²) in [6.07, 6.45) is 1.02. The molecule has 3 aromatic carbocycles. The van der Waals surface area contributed by atoms with Crippen LogP contribution in [0.25, 0.3) is 21.3 Å². The van der Waals surface area contributed by atoms with Gasteiger partial charge in [-0.2, -0.15) is 0 Å². The molecule has 1 aromatic heterocycles. The van der Waals surface area contributed by atoms with Crippen LogP contribution >= 0.6 is 11.3 Å². The van der Waals surface area contributed by atoms with E-state index in [0.29, 0.717) is 11.7 Å². The number of aromatic nitrogens is 1. The van der Waals surface area contributed by atoms with Crippen molar-refractivity contribution in [2.45, 2.75) is 13.3 Å². The Labute approximate surface area is 162 Å². The average molecular weight is 375 g/mol. The molecule has 0 aliphatic heterocycles. The molecule has 0 atom stereocenters. The minimum absolute atomic E-state index is 0.601. The normalized spacial score (nSPS) is 11.4. The average Bonchev–Trinajstić information content (AvgIpc) is 3.20. The molecule has 0 spiro atoms. The minimum Gasteiger partial charge on any atom is -0.494 e.